The van der Waals surface area contributed by atoms with Gasteiger partial charge in [-0.25, -0.2) is 0 Å². The maximum absolute atomic E-state index is 12.4. The van der Waals surface area contributed by atoms with Crippen LogP contribution in [0.25, 0.3) is 11.5 Å². The smallest absolute Gasteiger partial charge is 0.276 e. The number of nitrogens with zero attached hydrogens (tertiary/aromatic N) is 2. The van der Waals surface area contributed by atoms with Gasteiger partial charge >= 0.3 is 0 Å². The van der Waals surface area contributed by atoms with Crippen molar-refractivity contribution in [1.82, 2.24) is 15.5 Å². The molecule has 1 atom stereocenters. The molecule has 0 aliphatic carbocycles. The maximum Gasteiger partial charge on any atom is 0.276 e. The fourth-order valence-electron chi connectivity index (χ4n) is 3.18. The van der Waals surface area contributed by atoms with Crippen LogP contribution in [0.2, 0.25) is 0 Å². The molecule has 3 heterocycles. The van der Waals surface area contributed by atoms with Gasteiger partial charge in [0, 0.05) is 36.6 Å². The second-order valence-electron chi connectivity index (χ2n) is 6.37. The summed E-state index contributed by atoms with van der Waals surface area (Å²) in [6.07, 6.45) is 2.72. The minimum atomic E-state index is -0.261. The van der Waals surface area contributed by atoms with Crippen molar-refractivity contribution in [2.24, 2.45) is 0 Å². The molecule has 4 rings (SSSR count). The van der Waals surface area contributed by atoms with Crippen LogP contribution in [-0.4, -0.2) is 42.3 Å². The molecule has 1 fully saturated rings. The Morgan fingerprint density at radius 1 is 1.31 bits per heavy atom. The van der Waals surface area contributed by atoms with Crippen LogP contribution in [0.3, 0.4) is 0 Å². The summed E-state index contributed by atoms with van der Waals surface area (Å²) in [5.41, 5.74) is 2.90. The number of H-pyrrole nitrogens is 1. The lowest BCUT2D eigenvalue weighted by molar-refractivity contribution is 0.102. The van der Waals surface area contributed by atoms with Crippen molar-refractivity contribution >= 4 is 17.3 Å². The lowest BCUT2D eigenvalue weighted by atomic mass is 10.2. The van der Waals surface area contributed by atoms with Crippen LogP contribution in [-0.2, 0) is 0 Å². The third-order valence-electron chi connectivity index (χ3n) is 4.68. The molecular weight excluding hydrogens is 330 g/mol. The normalized spacial score (nSPS) is 16.8. The highest BCUT2D eigenvalue weighted by atomic mass is 16.3. The van der Waals surface area contributed by atoms with Gasteiger partial charge in [-0.3, -0.25) is 9.89 Å². The first-order chi connectivity index (χ1) is 12.7. The van der Waals surface area contributed by atoms with Gasteiger partial charge in [0.05, 0.1) is 6.26 Å². The topological polar surface area (TPSA) is 86.2 Å². The number of carbonyl (C=O) groups excluding carboxylic acids is 1. The number of likely N-dealkylation sites (N-methyl/N-ethyl adjacent to an activating group) is 1. The molecule has 1 aliphatic heterocycles. The van der Waals surface area contributed by atoms with E-state index >= 15 is 0 Å². The molecule has 7 heteroatoms. The molecule has 26 heavy (non-hydrogen) atoms. The average molecular weight is 351 g/mol. The number of aromatic amines is 1. The number of amides is 1. The predicted molar refractivity (Wildman–Crippen MR) is 100 cm³/mol. The first-order valence-electron chi connectivity index (χ1n) is 8.66. The molecule has 1 saturated heterocycles. The van der Waals surface area contributed by atoms with Crippen LogP contribution in [0.4, 0.5) is 11.4 Å². The van der Waals surface area contributed by atoms with Crippen molar-refractivity contribution in [2.75, 3.05) is 30.4 Å². The van der Waals surface area contributed by atoms with Gasteiger partial charge < -0.3 is 20.0 Å². The van der Waals surface area contributed by atoms with E-state index in [1.165, 1.54) is 5.69 Å². The molecule has 7 nitrogen and oxygen atoms in total. The maximum atomic E-state index is 12.4. The van der Waals surface area contributed by atoms with Crippen LogP contribution in [0, 0.1) is 0 Å². The van der Waals surface area contributed by atoms with Gasteiger partial charge in [0.2, 0.25) is 0 Å². The Bertz CT molecular complexity index is 870. The molecule has 1 aromatic carbocycles. The van der Waals surface area contributed by atoms with Gasteiger partial charge in [-0.05, 0) is 49.9 Å². The Kier molecular flexibility index (Phi) is 4.45. The fourth-order valence-corrected chi connectivity index (χ4v) is 3.18. The molecule has 2 aromatic heterocycles. The van der Waals surface area contributed by atoms with Gasteiger partial charge in [0.15, 0.2) is 11.5 Å². The minimum Gasteiger partial charge on any atom is -0.463 e. The van der Waals surface area contributed by atoms with Crippen molar-refractivity contribution < 1.29 is 9.21 Å². The monoisotopic (exact) mass is 351 g/mol. The van der Waals surface area contributed by atoms with Crippen molar-refractivity contribution in [2.45, 2.75) is 12.5 Å². The van der Waals surface area contributed by atoms with E-state index in [4.69, 9.17) is 4.42 Å². The summed E-state index contributed by atoms with van der Waals surface area (Å²) < 4.78 is 5.30. The third kappa shape index (κ3) is 3.34. The Hall–Kier alpha value is -3.06. The van der Waals surface area contributed by atoms with E-state index in [1.807, 2.05) is 37.4 Å². The number of furan rings is 1. The summed E-state index contributed by atoms with van der Waals surface area (Å²) in [6.45, 7) is 2.05. The molecule has 3 N–H and O–H groups in total. The standard InChI is InChI=1S/C19H21N5O2/c1-20-14-8-9-24(12-14)15-6-4-13(5-7-15)21-19(25)17-11-16(22-23-17)18-3-2-10-26-18/h2-7,10-11,14,20H,8-9,12H2,1H3,(H,21,25)(H,22,23). The number of aromatic nitrogens is 2. The van der Waals surface area contributed by atoms with E-state index in [1.54, 1.807) is 18.4 Å². The summed E-state index contributed by atoms with van der Waals surface area (Å²) in [6, 6.07) is 13.7. The SMILES string of the molecule is CNC1CCN(c2ccc(NC(=O)c3cc(-c4ccco4)[nH]n3)cc2)C1. The van der Waals surface area contributed by atoms with E-state index in [-0.39, 0.29) is 5.91 Å². The summed E-state index contributed by atoms with van der Waals surface area (Å²) in [5, 5.41) is 13.1. The highest BCUT2D eigenvalue weighted by molar-refractivity contribution is 6.03. The van der Waals surface area contributed by atoms with E-state index in [2.05, 4.69) is 25.7 Å². The zero-order valence-corrected chi connectivity index (χ0v) is 14.5. The lowest BCUT2D eigenvalue weighted by Crippen LogP contribution is -2.29. The van der Waals surface area contributed by atoms with Crippen molar-refractivity contribution in [1.29, 1.82) is 0 Å². The summed E-state index contributed by atoms with van der Waals surface area (Å²) in [4.78, 5) is 14.7. The number of nitrogens with one attached hydrogen (secondary N) is 3. The number of benzene rings is 1. The number of hydrogen-bond donors (Lipinski definition) is 3. The molecule has 1 unspecified atom stereocenters. The zero-order valence-electron chi connectivity index (χ0n) is 14.5. The summed E-state index contributed by atoms with van der Waals surface area (Å²) in [7, 11) is 2.00. The van der Waals surface area contributed by atoms with Crippen LogP contribution in [0.15, 0.2) is 53.1 Å². The molecule has 0 spiro atoms. The molecule has 1 aliphatic rings. The van der Waals surface area contributed by atoms with Crippen molar-refractivity contribution in [3.05, 3.63) is 54.4 Å². The minimum absolute atomic E-state index is 0.261. The Labute approximate surface area is 151 Å². The fraction of sp³-hybridized carbons (Fsp3) is 0.263. The Morgan fingerprint density at radius 3 is 2.85 bits per heavy atom. The van der Waals surface area contributed by atoms with Crippen LogP contribution < -0.4 is 15.5 Å². The van der Waals surface area contributed by atoms with Crippen molar-refractivity contribution in [3.8, 4) is 11.5 Å². The Balaban J connectivity index is 1.40. The highest BCUT2D eigenvalue weighted by Crippen LogP contribution is 2.23. The van der Waals surface area contributed by atoms with E-state index < -0.39 is 0 Å². The second-order valence-corrected chi connectivity index (χ2v) is 6.37. The second kappa shape index (κ2) is 7.05. The summed E-state index contributed by atoms with van der Waals surface area (Å²) >= 11 is 0. The first kappa shape index (κ1) is 16.4. The first-order valence-corrected chi connectivity index (χ1v) is 8.66. The molecule has 1 amide bonds. The number of hydrogen-bond acceptors (Lipinski definition) is 5. The van der Waals surface area contributed by atoms with Crippen molar-refractivity contribution in [3.63, 3.8) is 0 Å². The van der Waals surface area contributed by atoms with E-state index in [0.717, 1.165) is 25.2 Å². The average Bonchev–Trinajstić information content (AvgIpc) is 3.42. The van der Waals surface area contributed by atoms with Crippen LogP contribution in [0.5, 0.6) is 0 Å². The highest BCUT2D eigenvalue weighted by Gasteiger charge is 2.21. The van der Waals surface area contributed by atoms with Gasteiger partial charge in [-0.1, -0.05) is 0 Å². The molecule has 3 aromatic rings. The quantitative estimate of drug-likeness (QED) is 0.658. The lowest BCUT2D eigenvalue weighted by Gasteiger charge is -2.19. The number of carbonyl (C=O) groups is 1. The third-order valence-corrected chi connectivity index (χ3v) is 4.68. The Morgan fingerprint density at radius 2 is 2.15 bits per heavy atom. The molecule has 0 saturated carbocycles. The largest absolute Gasteiger partial charge is 0.463 e. The van der Waals surface area contributed by atoms with Crippen LogP contribution in [0.1, 0.15) is 16.9 Å². The molecular formula is C19H21N5O2. The number of rotatable bonds is 5. The number of anilines is 2. The van der Waals surface area contributed by atoms with Gasteiger partial charge in [-0.15, -0.1) is 0 Å². The molecule has 0 bridgehead atoms. The van der Waals surface area contributed by atoms with Gasteiger partial charge in [0.1, 0.15) is 5.69 Å². The van der Waals surface area contributed by atoms with Gasteiger partial charge in [0.25, 0.3) is 5.91 Å². The predicted octanol–water partition coefficient (Wildman–Crippen LogP) is 2.72. The summed E-state index contributed by atoms with van der Waals surface area (Å²) in [5.74, 6) is 0.384. The van der Waals surface area contributed by atoms with Gasteiger partial charge in [-0.2, -0.15) is 5.10 Å². The zero-order chi connectivity index (χ0) is 17.9. The van der Waals surface area contributed by atoms with Crippen LogP contribution >= 0.6 is 0 Å². The van der Waals surface area contributed by atoms with E-state index in [9.17, 15) is 4.79 Å². The van der Waals surface area contributed by atoms with E-state index in [0.29, 0.717) is 23.2 Å². The molecule has 0 radical (unpaired) electrons. The molecule has 134 valence electrons.